The van der Waals surface area contributed by atoms with Gasteiger partial charge in [-0.05, 0) is 52.2 Å². The maximum atomic E-state index is 5.08. The summed E-state index contributed by atoms with van der Waals surface area (Å²) >= 11 is 3.63. The maximum absolute atomic E-state index is 5.08. The van der Waals surface area contributed by atoms with Crippen molar-refractivity contribution in [1.29, 1.82) is 0 Å². The Morgan fingerprint density at radius 1 is 0.351 bits per heavy atom. The topological polar surface area (TPSA) is 54.5 Å². The Labute approximate surface area is 335 Å². The average Bonchev–Trinajstić information content (AvgIpc) is 3.98. The molecule has 0 bridgehead atoms. The number of benzene rings is 8. The monoisotopic (exact) mass is 762 g/mol. The summed E-state index contributed by atoms with van der Waals surface area (Å²) in [6.45, 7) is 0. The number of H-pyrrole nitrogens is 1. The van der Waals surface area contributed by atoms with Crippen LogP contribution in [-0.2, 0) is 0 Å². The first-order valence-electron chi connectivity index (χ1n) is 19.0. The van der Waals surface area contributed by atoms with Gasteiger partial charge in [-0.15, -0.1) is 32.9 Å². The minimum absolute atomic E-state index is 0.805. The van der Waals surface area contributed by atoms with Gasteiger partial charge in [-0.25, -0.2) is 0 Å². The van der Waals surface area contributed by atoms with Crippen LogP contribution in [0.2, 0.25) is 0 Å². The third kappa shape index (κ3) is 4.94. The molecule has 0 fully saturated rings. The van der Waals surface area contributed by atoms with Gasteiger partial charge in [0.1, 0.15) is 11.4 Å². The van der Waals surface area contributed by atoms with E-state index in [0.717, 1.165) is 66.9 Å². The molecule has 0 amide bonds. The first-order valence-corrected chi connectivity index (χ1v) is 20.7. The number of nitrogens with one attached hydrogen (secondary N) is 1. The molecule has 1 N–H and O–H groups in total. The number of thiophene rings is 2. The van der Waals surface area contributed by atoms with E-state index in [1.54, 1.807) is 0 Å². The largest absolute Gasteiger partial charge is 0.354 e. The van der Waals surface area contributed by atoms with Crippen LogP contribution in [0.3, 0.4) is 0 Å². The van der Waals surface area contributed by atoms with E-state index in [0.29, 0.717) is 0 Å². The zero-order valence-electron chi connectivity index (χ0n) is 30.4. The van der Waals surface area contributed by atoms with Crippen LogP contribution < -0.4 is 0 Å². The number of para-hydroxylation sites is 2. The van der Waals surface area contributed by atoms with Crippen molar-refractivity contribution in [2.75, 3.05) is 0 Å². The molecule has 0 saturated heterocycles. The van der Waals surface area contributed by atoms with Crippen LogP contribution >= 0.6 is 22.7 Å². The van der Waals surface area contributed by atoms with Crippen LogP contribution in [0, 0.1) is 0 Å². The zero-order valence-corrected chi connectivity index (χ0v) is 32.0. The molecule has 8 aromatic carbocycles. The molecule has 0 aliphatic rings. The molecule has 12 rings (SSSR count). The second-order valence-electron chi connectivity index (χ2n) is 14.4. The van der Waals surface area contributed by atoms with Crippen molar-refractivity contribution < 1.29 is 0 Å². The molecule has 0 radical (unpaired) electrons. The normalized spacial score (nSPS) is 11.9. The molecule has 0 spiro atoms. The van der Waals surface area contributed by atoms with E-state index in [2.05, 4.69) is 186 Å². The lowest BCUT2D eigenvalue weighted by Gasteiger charge is -2.21. The summed E-state index contributed by atoms with van der Waals surface area (Å²) in [5.74, 6) is 0. The lowest BCUT2D eigenvalue weighted by Crippen LogP contribution is -2.03. The number of aromatic nitrogens is 4. The molecule has 266 valence electrons. The minimum Gasteiger partial charge on any atom is -0.354 e. The van der Waals surface area contributed by atoms with Crippen LogP contribution in [0.15, 0.2) is 176 Å². The molecule has 0 aliphatic heterocycles. The third-order valence-electron chi connectivity index (χ3n) is 11.3. The molecule has 0 unspecified atom stereocenters. The first-order chi connectivity index (χ1) is 28.3. The number of hydrogen-bond acceptors (Lipinski definition) is 5. The highest BCUT2D eigenvalue weighted by Crippen LogP contribution is 2.51. The fourth-order valence-corrected chi connectivity index (χ4v) is 11.1. The van der Waals surface area contributed by atoms with Gasteiger partial charge in [0.25, 0.3) is 0 Å². The van der Waals surface area contributed by atoms with Gasteiger partial charge in [0.05, 0.1) is 5.52 Å². The fourth-order valence-electron chi connectivity index (χ4n) is 8.88. The van der Waals surface area contributed by atoms with E-state index in [4.69, 9.17) is 10.2 Å². The predicted octanol–water partition coefficient (Wildman–Crippen LogP) is 14.6. The van der Waals surface area contributed by atoms with Gasteiger partial charge in [-0.3, -0.25) is 0 Å². The summed E-state index contributed by atoms with van der Waals surface area (Å²) in [5, 5.41) is 22.0. The lowest BCUT2D eigenvalue weighted by molar-refractivity contribution is 0.880. The van der Waals surface area contributed by atoms with E-state index in [9.17, 15) is 0 Å². The van der Waals surface area contributed by atoms with Crippen molar-refractivity contribution in [3.8, 4) is 55.9 Å². The van der Waals surface area contributed by atoms with Crippen LogP contribution in [0.5, 0.6) is 0 Å². The third-order valence-corrected chi connectivity index (χ3v) is 13.6. The van der Waals surface area contributed by atoms with Crippen molar-refractivity contribution >= 4 is 84.8 Å². The highest BCUT2D eigenvalue weighted by molar-refractivity contribution is 7.26. The molecule has 4 nitrogen and oxygen atoms in total. The van der Waals surface area contributed by atoms with E-state index < -0.39 is 0 Å². The first kappa shape index (κ1) is 32.3. The number of rotatable bonds is 5. The van der Waals surface area contributed by atoms with Gasteiger partial charge < -0.3 is 4.98 Å². The van der Waals surface area contributed by atoms with Crippen molar-refractivity contribution in [3.63, 3.8) is 0 Å². The van der Waals surface area contributed by atoms with Gasteiger partial charge in [-0.2, -0.15) is 0 Å². The molecule has 0 aliphatic carbocycles. The Hall–Kier alpha value is -6.99. The molecule has 57 heavy (non-hydrogen) atoms. The van der Waals surface area contributed by atoms with Crippen molar-refractivity contribution in [2.45, 2.75) is 0 Å². The summed E-state index contributed by atoms with van der Waals surface area (Å²) in [5.41, 5.74) is 12.3. The summed E-state index contributed by atoms with van der Waals surface area (Å²) in [4.78, 5) is 3.82. The van der Waals surface area contributed by atoms with E-state index in [1.165, 1.54) is 51.1 Å². The number of hydrogen-bond donors (Lipinski definition) is 1. The molecule has 6 heteroatoms. The quantitative estimate of drug-likeness (QED) is 0.190. The predicted molar refractivity (Wildman–Crippen MR) is 242 cm³/mol. The van der Waals surface area contributed by atoms with E-state index in [-0.39, 0.29) is 0 Å². The number of aromatic amines is 1. The Morgan fingerprint density at radius 3 is 1.53 bits per heavy atom. The zero-order chi connectivity index (χ0) is 37.5. The molecular formula is C51H30N4S2. The highest BCUT2D eigenvalue weighted by Gasteiger charge is 2.28. The molecule has 4 heterocycles. The van der Waals surface area contributed by atoms with Crippen molar-refractivity contribution in [1.82, 2.24) is 20.4 Å². The second kappa shape index (κ2) is 12.8. The SMILES string of the molecule is c1ccc(-c2cccc(-c3cccc4c3[nH]c3ccccc34)c2-c2c(-c3cccc4sc5ccccc5c34)nnnc2-c2cccc3sc4ccccc4c23)cc1. The maximum Gasteiger partial charge on any atom is 0.105 e. The smallest absolute Gasteiger partial charge is 0.105 e. The highest BCUT2D eigenvalue weighted by atomic mass is 32.1. The Bertz CT molecular complexity index is 3410. The molecule has 12 aromatic rings. The Balaban J connectivity index is 1.28. The summed E-state index contributed by atoms with van der Waals surface area (Å²) in [6, 6.07) is 63.1. The average molecular weight is 763 g/mol. The van der Waals surface area contributed by atoms with Crippen LogP contribution in [0.4, 0.5) is 0 Å². The van der Waals surface area contributed by atoms with Gasteiger partial charge >= 0.3 is 0 Å². The Kier molecular flexibility index (Phi) is 7.24. The Morgan fingerprint density at radius 2 is 0.842 bits per heavy atom. The van der Waals surface area contributed by atoms with Crippen LogP contribution in [0.25, 0.3) is 118 Å². The molecular weight excluding hydrogens is 733 g/mol. The second-order valence-corrected chi connectivity index (χ2v) is 16.6. The molecule has 4 aromatic heterocycles. The summed E-state index contributed by atoms with van der Waals surface area (Å²) in [6.07, 6.45) is 0. The molecule has 0 atom stereocenters. The van der Waals surface area contributed by atoms with E-state index in [1.807, 2.05) is 22.7 Å². The van der Waals surface area contributed by atoms with Crippen molar-refractivity contribution in [3.05, 3.63) is 176 Å². The lowest BCUT2D eigenvalue weighted by atomic mass is 9.83. The van der Waals surface area contributed by atoms with Crippen LogP contribution in [-0.4, -0.2) is 20.4 Å². The minimum atomic E-state index is 0.805. The van der Waals surface area contributed by atoms with Gasteiger partial charge in [-0.1, -0.05) is 146 Å². The number of nitrogens with zero attached hydrogens (tertiary/aromatic N) is 3. The molecule has 0 saturated carbocycles. The number of fused-ring (bicyclic) bond motifs is 9. The van der Waals surface area contributed by atoms with Gasteiger partial charge in [0.2, 0.25) is 0 Å². The van der Waals surface area contributed by atoms with Crippen molar-refractivity contribution in [2.24, 2.45) is 0 Å². The van der Waals surface area contributed by atoms with E-state index >= 15 is 0 Å². The standard InChI is InChI=1S/C51H30N4S2/c1-2-14-30(15-3-1)31-19-10-20-33(35-22-11-21-34-32-16-4-7-25-40(32)52-49(34)35)47(31)48-50(38-23-12-28-43-45(38)36-17-5-8-26-41(36)56-43)53-55-54-51(48)39-24-13-29-44-46(39)37-18-6-9-27-42(37)57-44/h1-29,52H. The van der Waals surface area contributed by atoms with Gasteiger partial charge in [0, 0.05) is 84.5 Å². The summed E-state index contributed by atoms with van der Waals surface area (Å²) in [7, 11) is 0. The van der Waals surface area contributed by atoms with Crippen LogP contribution in [0.1, 0.15) is 0 Å². The summed E-state index contributed by atoms with van der Waals surface area (Å²) < 4.78 is 4.92. The van der Waals surface area contributed by atoms with Gasteiger partial charge in [0.15, 0.2) is 0 Å². The fraction of sp³-hybridized carbons (Fsp3) is 0.